The van der Waals surface area contributed by atoms with E-state index in [4.69, 9.17) is 0 Å². The second kappa shape index (κ2) is 9.18. The Hall–Kier alpha value is -2.87. The first-order chi connectivity index (χ1) is 12.8. The Morgan fingerprint density at radius 3 is 2.15 bits per heavy atom. The molecule has 0 saturated heterocycles. The summed E-state index contributed by atoms with van der Waals surface area (Å²) < 4.78 is 27.3. The highest BCUT2D eigenvalue weighted by Crippen LogP contribution is 2.17. The van der Waals surface area contributed by atoms with E-state index in [-0.39, 0.29) is 22.9 Å². The molecule has 2 aromatic carbocycles. The molecule has 0 fully saturated rings. The van der Waals surface area contributed by atoms with Crippen LogP contribution >= 0.6 is 0 Å². The first-order valence-electron chi connectivity index (χ1n) is 8.56. The van der Waals surface area contributed by atoms with Crippen molar-refractivity contribution in [2.45, 2.75) is 25.2 Å². The lowest BCUT2D eigenvalue weighted by molar-refractivity contribution is -0.120. The SMILES string of the molecule is CCCNC(=O)CNC(=O)c1ccc(S(=O)(=O)Nc2ccc(C)cc2)cc1. The van der Waals surface area contributed by atoms with Crippen molar-refractivity contribution in [3.63, 3.8) is 0 Å². The van der Waals surface area contributed by atoms with Gasteiger partial charge in [0.05, 0.1) is 11.4 Å². The number of amides is 2. The van der Waals surface area contributed by atoms with Crippen molar-refractivity contribution in [3.8, 4) is 0 Å². The van der Waals surface area contributed by atoms with Crippen LogP contribution in [0, 0.1) is 6.92 Å². The predicted octanol–water partition coefficient (Wildman–Crippen LogP) is 2.05. The fraction of sp³-hybridized carbons (Fsp3) is 0.263. The molecule has 0 radical (unpaired) electrons. The molecule has 2 amide bonds. The Bertz CT molecular complexity index is 892. The van der Waals surface area contributed by atoms with Crippen LogP contribution in [0.4, 0.5) is 5.69 Å². The number of aryl methyl sites for hydroxylation is 1. The molecule has 3 N–H and O–H groups in total. The van der Waals surface area contributed by atoms with Crippen molar-refractivity contribution in [3.05, 3.63) is 59.7 Å². The molecule has 0 saturated carbocycles. The third kappa shape index (κ3) is 6.10. The third-order valence-corrected chi connectivity index (χ3v) is 5.11. The molecular weight excluding hydrogens is 366 g/mol. The van der Waals surface area contributed by atoms with Gasteiger partial charge < -0.3 is 10.6 Å². The van der Waals surface area contributed by atoms with E-state index in [0.29, 0.717) is 12.2 Å². The summed E-state index contributed by atoms with van der Waals surface area (Å²) >= 11 is 0. The smallest absolute Gasteiger partial charge is 0.261 e. The molecular formula is C19H23N3O4S. The highest BCUT2D eigenvalue weighted by Gasteiger charge is 2.15. The average molecular weight is 389 g/mol. The summed E-state index contributed by atoms with van der Waals surface area (Å²) in [6, 6.07) is 12.5. The van der Waals surface area contributed by atoms with Crippen LogP contribution in [0.3, 0.4) is 0 Å². The molecule has 0 heterocycles. The van der Waals surface area contributed by atoms with Crippen molar-refractivity contribution in [2.24, 2.45) is 0 Å². The lowest BCUT2D eigenvalue weighted by atomic mass is 10.2. The van der Waals surface area contributed by atoms with Gasteiger partial charge in [-0.1, -0.05) is 24.6 Å². The molecule has 0 unspecified atom stereocenters. The van der Waals surface area contributed by atoms with Gasteiger partial charge in [0.25, 0.3) is 15.9 Å². The second-order valence-corrected chi connectivity index (χ2v) is 7.71. The van der Waals surface area contributed by atoms with Crippen LogP contribution in [0.1, 0.15) is 29.3 Å². The largest absolute Gasteiger partial charge is 0.355 e. The molecule has 2 rings (SSSR count). The van der Waals surface area contributed by atoms with Gasteiger partial charge in [-0.25, -0.2) is 8.42 Å². The molecule has 8 heteroatoms. The lowest BCUT2D eigenvalue weighted by Crippen LogP contribution is -2.37. The quantitative estimate of drug-likeness (QED) is 0.643. The maximum Gasteiger partial charge on any atom is 0.261 e. The Balaban J connectivity index is 1.99. The maximum absolute atomic E-state index is 12.4. The highest BCUT2D eigenvalue weighted by atomic mass is 32.2. The van der Waals surface area contributed by atoms with Crippen LogP contribution in [-0.2, 0) is 14.8 Å². The van der Waals surface area contributed by atoms with Gasteiger partial charge in [-0.05, 0) is 49.7 Å². The number of rotatable bonds is 8. The Morgan fingerprint density at radius 2 is 1.56 bits per heavy atom. The first kappa shape index (κ1) is 20.4. The summed E-state index contributed by atoms with van der Waals surface area (Å²) in [6.07, 6.45) is 0.812. The molecule has 0 aromatic heterocycles. The van der Waals surface area contributed by atoms with E-state index in [2.05, 4.69) is 15.4 Å². The zero-order valence-corrected chi connectivity index (χ0v) is 16.1. The summed E-state index contributed by atoms with van der Waals surface area (Å²) in [5.41, 5.74) is 1.75. The average Bonchev–Trinajstić information content (AvgIpc) is 2.66. The molecule has 2 aromatic rings. The summed E-state index contributed by atoms with van der Waals surface area (Å²) in [7, 11) is -3.75. The van der Waals surface area contributed by atoms with Gasteiger partial charge in [-0.3, -0.25) is 14.3 Å². The number of sulfonamides is 1. The van der Waals surface area contributed by atoms with Crippen molar-refractivity contribution in [1.82, 2.24) is 10.6 Å². The van der Waals surface area contributed by atoms with Gasteiger partial charge in [0, 0.05) is 17.8 Å². The molecule has 0 bridgehead atoms. The summed E-state index contributed by atoms with van der Waals surface area (Å²) in [4.78, 5) is 23.6. The van der Waals surface area contributed by atoms with Crippen LogP contribution in [0.15, 0.2) is 53.4 Å². The zero-order chi connectivity index (χ0) is 19.9. The minimum atomic E-state index is -3.75. The normalized spacial score (nSPS) is 10.9. The fourth-order valence-electron chi connectivity index (χ4n) is 2.21. The lowest BCUT2D eigenvalue weighted by Gasteiger charge is -2.09. The number of carbonyl (C=O) groups excluding carboxylic acids is 2. The first-order valence-corrected chi connectivity index (χ1v) is 10.0. The van der Waals surface area contributed by atoms with Gasteiger partial charge in [0.2, 0.25) is 5.91 Å². The molecule has 144 valence electrons. The number of hydrogen-bond acceptors (Lipinski definition) is 4. The monoisotopic (exact) mass is 389 g/mol. The Morgan fingerprint density at radius 1 is 0.926 bits per heavy atom. The van der Waals surface area contributed by atoms with Crippen LogP contribution < -0.4 is 15.4 Å². The van der Waals surface area contributed by atoms with Crippen LogP contribution in [-0.4, -0.2) is 33.3 Å². The fourth-order valence-corrected chi connectivity index (χ4v) is 3.27. The molecule has 0 aliphatic heterocycles. The van der Waals surface area contributed by atoms with Crippen LogP contribution in [0.5, 0.6) is 0 Å². The van der Waals surface area contributed by atoms with E-state index in [9.17, 15) is 18.0 Å². The number of hydrogen-bond donors (Lipinski definition) is 3. The molecule has 0 spiro atoms. The number of anilines is 1. The number of benzene rings is 2. The molecule has 7 nitrogen and oxygen atoms in total. The topological polar surface area (TPSA) is 104 Å². The van der Waals surface area contributed by atoms with Gasteiger partial charge in [-0.15, -0.1) is 0 Å². The summed E-state index contributed by atoms with van der Waals surface area (Å²) in [5.74, 6) is -0.719. The minimum Gasteiger partial charge on any atom is -0.355 e. The molecule has 27 heavy (non-hydrogen) atoms. The highest BCUT2D eigenvalue weighted by molar-refractivity contribution is 7.92. The van der Waals surface area contributed by atoms with Crippen molar-refractivity contribution >= 4 is 27.5 Å². The van der Waals surface area contributed by atoms with Crippen LogP contribution in [0.25, 0.3) is 0 Å². The van der Waals surface area contributed by atoms with Gasteiger partial charge in [-0.2, -0.15) is 0 Å². The zero-order valence-electron chi connectivity index (χ0n) is 15.3. The number of nitrogens with one attached hydrogen (secondary N) is 3. The van der Waals surface area contributed by atoms with E-state index >= 15 is 0 Å². The third-order valence-electron chi connectivity index (χ3n) is 3.71. The number of carbonyl (C=O) groups is 2. The van der Waals surface area contributed by atoms with Gasteiger partial charge in [0.15, 0.2) is 0 Å². The summed E-state index contributed by atoms with van der Waals surface area (Å²) in [6.45, 7) is 4.26. The Kier molecular flexibility index (Phi) is 6.95. The molecule has 0 atom stereocenters. The Labute approximate surface area is 159 Å². The standard InChI is InChI=1S/C19H23N3O4S/c1-3-12-20-18(23)13-21-19(24)15-6-10-17(11-7-15)27(25,26)22-16-8-4-14(2)5-9-16/h4-11,22H,3,12-13H2,1-2H3,(H,20,23)(H,21,24). The van der Waals surface area contributed by atoms with E-state index in [1.165, 1.54) is 24.3 Å². The second-order valence-electron chi connectivity index (χ2n) is 6.03. The minimum absolute atomic E-state index is 0.0420. The van der Waals surface area contributed by atoms with Crippen molar-refractivity contribution in [1.29, 1.82) is 0 Å². The summed E-state index contributed by atoms with van der Waals surface area (Å²) in [5, 5.41) is 5.15. The van der Waals surface area contributed by atoms with E-state index in [1.54, 1.807) is 12.1 Å². The predicted molar refractivity (Wildman–Crippen MR) is 104 cm³/mol. The van der Waals surface area contributed by atoms with E-state index in [0.717, 1.165) is 12.0 Å². The van der Waals surface area contributed by atoms with Gasteiger partial charge in [0.1, 0.15) is 0 Å². The van der Waals surface area contributed by atoms with Gasteiger partial charge >= 0.3 is 0 Å². The maximum atomic E-state index is 12.4. The van der Waals surface area contributed by atoms with Crippen molar-refractivity contribution < 1.29 is 18.0 Å². The van der Waals surface area contributed by atoms with Crippen molar-refractivity contribution in [2.75, 3.05) is 17.8 Å². The van der Waals surface area contributed by atoms with E-state index < -0.39 is 15.9 Å². The van der Waals surface area contributed by atoms with E-state index in [1.807, 2.05) is 26.0 Å². The van der Waals surface area contributed by atoms with Crippen LogP contribution in [0.2, 0.25) is 0 Å². The molecule has 0 aliphatic carbocycles. The molecule has 0 aliphatic rings.